The Bertz CT molecular complexity index is 938. The van der Waals surface area contributed by atoms with Crippen LogP contribution in [0.3, 0.4) is 0 Å². The average molecular weight is 378 g/mol. The van der Waals surface area contributed by atoms with Crippen molar-refractivity contribution in [2.75, 3.05) is 0 Å². The Morgan fingerprint density at radius 3 is 2.30 bits per heavy atom. The molecule has 3 aromatic rings. The van der Waals surface area contributed by atoms with Crippen LogP contribution < -0.4 is 5.32 Å². The molecule has 2 aromatic carbocycles. The van der Waals surface area contributed by atoms with Gasteiger partial charge in [0.15, 0.2) is 0 Å². The highest BCUT2D eigenvalue weighted by Crippen LogP contribution is 2.23. The van der Waals surface area contributed by atoms with Crippen molar-refractivity contribution >= 4 is 23.0 Å². The number of benzene rings is 2. The number of rotatable bonds is 5. The lowest BCUT2D eigenvalue weighted by molar-refractivity contribution is -0.117. The van der Waals surface area contributed by atoms with Crippen LogP contribution >= 0.6 is 11.3 Å². The normalized spacial score (nSPS) is 11.2. The highest BCUT2D eigenvalue weighted by Gasteiger charge is 2.18. The molecule has 0 spiro atoms. The third kappa shape index (κ3) is 4.68. The predicted octanol–water partition coefficient (Wildman–Crippen LogP) is 4.61. The standard InChI is InChI=1S/C22H22N2O2S/c1-22(2,3)17-11-9-16(10-12-17)20(25)21(26)23-13-19-24-18(14-27-19)15-7-5-4-6-8-15/h4-12,14H,13H2,1-3H3,(H,23,26). The zero-order chi connectivity index (χ0) is 19.4. The maximum Gasteiger partial charge on any atom is 0.292 e. The van der Waals surface area contributed by atoms with E-state index in [1.165, 1.54) is 11.3 Å². The number of nitrogens with one attached hydrogen (secondary N) is 1. The second kappa shape index (κ2) is 7.84. The van der Waals surface area contributed by atoms with Gasteiger partial charge in [-0.3, -0.25) is 9.59 Å². The summed E-state index contributed by atoms with van der Waals surface area (Å²) in [7, 11) is 0. The molecule has 1 amide bonds. The van der Waals surface area contributed by atoms with Crippen LogP contribution in [0.1, 0.15) is 41.7 Å². The van der Waals surface area contributed by atoms with Crippen LogP contribution in [0.25, 0.3) is 11.3 Å². The molecule has 4 nitrogen and oxygen atoms in total. The van der Waals surface area contributed by atoms with Gasteiger partial charge in [-0.05, 0) is 11.0 Å². The molecular formula is C22H22N2O2S. The molecule has 5 heteroatoms. The first-order valence-corrected chi connectivity index (χ1v) is 9.65. The average Bonchev–Trinajstić information content (AvgIpc) is 3.15. The van der Waals surface area contributed by atoms with Gasteiger partial charge < -0.3 is 5.32 Å². The minimum atomic E-state index is -0.616. The molecule has 0 aliphatic heterocycles. The van der Waals surface area contributed by atoms with Crippen LogP contribution in [0.4, 0.5) is 0 Å². The van der Waals surface area contributed by atoms with Gasteiger partial charge in [-0.15, -0.1) is 11.3 Å². The van der Waals surface area contributed by atoms with Crippen LogP contribution in [0, 0.1) is 0 Å². The van der Waals surface area contributed by atoms with Crippen molar-refractivity contribution < 1.29 is 9.59 Å². The third-order valence-corrected chi connectivity index (χ3v) is 5.09. The molecule has 0 aliphatic carbocycles. The minimum absolute atomic E-state index is 0.00510. The Morgan fingerprint density at radius 2 is 1.67 bits per heavy atom. The molecule has 0 unspecified atom stereocenters. The molecular weight excluding hydrogens is 356 g/mol. The van der Waals surface area contributed by atoms with E-state index in [0.717, 1.165) is 21.8 Å². The van der Waals surface area contributed by atoms with Gasteiger partial charge in [0.05, 0.1) is 12.2 Å². The van der Waals surface area contributed by atoms with Crippen LogP contribution in [0.2, 0.25) is 0 Å². The highest BCUT2D eigenvalue weighted by atomic mass is 32.1. The first-order chi connectivity index (χ1) is 12.8. The Hall–Kier alpha value is -2.79. The Kier molecular flexibility index (Phi) is 5.51. The molecule has 1 N–H and O–H groups in total. The van der Waals surface area contributed by atoms with Crippen molar-refractivity contribution in [2.24, 2.45) is 0 Å². The van der Waals surface area contributed by atoms with Gasteiger partial charge in [0.25, 0.3) is 5.91 Å². The number of hydrogen-bond donors (Lipinski definition) is 1. The fraction of sp³-hybridized carbons (Fsp3) is 0.227. The van der Waals surface area contributed by atoms with E-state index in [1.807, 2.05) is 47.8 Å². The van der Waals surface area contributed by atoms with Crippen LogP contribution in [0.15, 0.2) is 60.0 Å². The summed E-state index contributed by atoms with van der Waals surface area (Å²) in [5, 5.41) is 5.38. The van der Waals surface area contributed by atoms with E-state index in [0.29, 0.717) is 5.56 Å². The van der Waals surface area contributed by atoms with Gasteiger partial charge in [-0.2, -0.15) is 0 Å². The summed E-state index contributed by atoms with van der Waals surface area (Å²) >= 11 is 1.46. The van der Waals surface area contributed by atoms with Crippen LogP contribution in [-0.2, 0) is 16.8 Å². The molecule has 1 aromatic heterocycles. The van der Waals surface area contributed by atoms with Gasteiger partial charge in [-0.25, -0.2) is 4.98 Å². The molecule has 3 rings (SSSR count). The smallest absolute Gasteiger partial charge is 0.292 e. The zero-order valence-electron chi connectivity index (χ0n) is 15.7. The summed E-state index contributed by atoms with van der Waals surface area (Å²) in [6.45, 7) is 6.55. The molecule has 0 saturated carbocycles. The first-order valence-electron chi connectivity index (χ1n) is 8.77. The Balaban J connectivity index is 1.61. The maximum atomic E-state index is 12.3. The Morgan fingerprint density at radius 1 is 1.00 bits per heavy atom. The lowest BCUT2D eigenvalue weighted by atomic mass is 9.86. The number of hydrogen-bond acceptors (Lipinski definition) is 4. The molecule has 0 fully saturated rings. The number of aromatic nitrogens is 1. The van der Waals surface area contributed by atoms with Crippen molar-refractivity contribution in [3.8, 4) is 11.3 Å². The lowest BCUT2D eigenvalue weighted by Crippen LogP contribution is -2.30. The number of Topliss-reactive ketones (excluding diaryl/α,β-unsaturated/α-hetero) is 1. The summed E-state index contributed by atoms with van der Waals surface area (Å²) in [6.07, 6.45) is 0. The number of ketones is 1. The van der Waals surface area contributed by atoms with Crippen LogP contribution in [-0.4, -0.2) is 16.7 Å². The van der Waals surface area contributed by atoms with E-state index in [1.54, 1.807) is 12.1 Å². The van der Waals surface area contributed by atoms with Crippen molar-refractivity contribution in [1.29, 1.82) is 0 Å². The van der Waals surface area contributed by atoms with Gasteiger partial charge in [0.2, 0.25) is 5.78 Å². The summed E-state index contributed by atoms with van der Waals surface area (Å²) in [4.78, 5) is 29.0. The monoisotopic (exact) mass is 378 g/mol. The summed E-state index contributed by atoms with van der Waals surface area (Å²) in [5.74, 6) is -1.15. The van der Waals surface area contributed by atoms with E-state index in [2.05, 4.69) is 31.1 Å². The maximum absolute atomic E-state index is 12.3. The Labute approximate surface area is 163 Å². The van der Waals surface area contributed by atoms with E-state index in [-0.39, 0.29) is 12.0 Å². The predicted molar refractivity (Wildman–Crippen MR) is 109 cm³/mol. The van der Waals surface area contributed by atoms with Gasteiger partial charge in [0, 0.05) is 16.5 Å². The SMILES string of the molecule is CC(C)(C)c1ccc(C(=O)C(=O)NCc2nc(-c3ccccc3)cs2)cc1. The van der Waals surface area contributed by atoms with Gasteiger partial charge >= 0.3 is 0 Å². The van der Waals surface area contributed by atoms with Crippen LogP contribution in [0.5, 0.6) is 0 Å². The number of carbonyl (C=O) groups is 2. The number of thiazole rings is 1. The largest absolute Gasteiger partial charge is 0.343 e. The van der Waals surface area contributed by atoms with E-state index in [4.69, 9.17) is 0 Å². The second-order valence-electron chi connectivity index (χ2n) is 7.33. The molecule has 0 saturated heterocycles. The summed E-state index contributed by atoms with van der Waals surface area (Å²) in [5.41, 5.74) is 3.42. The molecule has 0 radical (unpaired) electrons. The molecule has 27 heavy (non-hydrogen) atoms. The molecule has 1 heterocycles. The fourth-order valence-corrected chi connectivity index (χ4v) is 3.37. The molecule has 0 aliphatic rings. The van der Waals surface area contributed by atoms with E-state index >= 15 is 0 Å². The quantitative estimate of drug-likeness (QED) is 0.521. The fourth-order valence-electron chi connectivity index (χ4n) is 2.62. The second-order valence-corrected chi connectivity index (χ2v) is 8.27. The van der Waals surface area contributed by atoms with Gasteiger partial charge in [-0.1, -0.05) is 75.4 Å². The van der Waals surface area contributed by atoms with Gasteiger partial charge in [0.1, 0.15) is 5.01 Å². The summed E-state index contributed by atoms with van der Waals surface area (Å²) < 4.78 is 0. The molecule has 0 bridgehead atoms. The molecule has 0 atom stereocenters. The zero-order valence-corrected chi connectivity index (χ0v) is 16.5. The van der Waals surface area contributed by atoms with E-state index < -0.39 is 11.7 Å². The molecule has 138 valence electrons. The number of carbonyl (C=O) groups excluding carboxylic acids is 2. The first kappa shape index (κ1) is 19.0. The minimum Gasteiger partial charge on any atom is -0.343 e. The lowest BCUT2D eigenvalue weighted by Gasteiger charge is -2.18. The van der Waals surface area contributed by atoms with Crippen molar-refractivity contribution in [2.45, 2.75) is 32.7 Å². The van der Waals surface area contributed by atoms with Crippen molar-refractivity contribution in [1.82, 2.24) is 10.3 Å². The topological polar surface area (TPSA) is 59.1 Å². The van der Waals surface area contributed by atoms with Crippen molar-refractivity contribution in [3.05, 3.63) is 76.1 Å². The summed E-state index contributed by atoms with van der Waals surface area (Å²) in [6, 6.07) is 17.1. The van der Waals surface area contributed by atoms with E-state index in [9.17, 15) is 9.59 Å². The van der Waals surface area contributed by atoms with Crippen molar-refractivity contribution in [3.63, 3.8) is 0 Å². The third-order valence-electron chi connectivity index (χ3n) is 4.24. The number of amides is 1. The number of nitrogens with zero attached hydrogens (tertiary/aromatic N) is 1. The highest BCUT2D eigenvalue weighted by molar-refractivity contribution is 7.09.